The van der Waals surface area contributed by atoms with Gasteiger partial charge in [0.1, 0.15) is 10.6 Å². The summed E-state index contributed by atoms with van der Waals surface area (Å²) in [6.45, 7) is 0. The lowest BCUT2D eigenvalue weighted by atomic mass is 10.2. The van der Waals surface area contributed by atoms with Crippen LogP contribution >= 0.6 is 11.3 Å². The summed E-state index contributed by atoms with van der Waals surface area (Å²) in [5, 5.41) is 0.873. The number of rotatable bonds is 1. The lowest BCUT2D eigenvalue weighted by Gasteiger charge is -1.99. The van der Waals surface area contributed by atoms with Gasteiger partial charge in [0.25, 0.3) is 0 Å². The molecule has 0 radical (unpaired) electrons. The lowest BCUT2D eigenvalue weighted by Crippen LogP contribution is -2.28. The highest BCUT2D eigenvalue weighted by atomic mass is 32.1. The van der Waals surface area contributed by atoms with Crippen molar-refractivity contribution in [3.63, 3.8) is 0 Å². The number of nitrogens with one attached hydrogen (secondary N) is 2. The van der Waals surface area contributed by atoms with Crippen LogP contribution in [0.2, 0.25) is 0 Å². The zero-order chi connectivity index (χ0) is 12.0. The van der Waals surface area contributed by atoms with E-state index in [-0.39, 0.29) is 0 Å². The fraction of sp³-hybridized carbons (Fsp3) is 0.0909. The molecule has 86 valence electrons. The first kappa shape index (κ1) is 10.1. The molecule has 0 fully saturated rings. The smallest absolute Gasteiger partial charge is 0.314 e. The van der Waals surface area contributed by atoms with Gasteiger partial charge in [0.05, 0.1) is 17.3 Å². The molecule has 3 rings (SSSR count). The van der Waals surface area contributed by atoms with Gasteiger partial charge < -0.3 is 14.7 Å². The third-order valence-electron chi connectivity index (χ3n) is 2.57. The average molecular weight is 248 g/mol. The van der Waals surface area contributed by atoms with E-state index in [0.29, 0.717) is 10.3 Å². The molecular formula is C11H8N2O3S. The second-order valence-corrected chi connectivity index (χ2v) is 4.57. The molecule has 5 nitrogen and oxygen atoms in total. The fourth-order valence-corrected chi connectivity index (χ4v) is 2.94. The van der Waals surface area contributed by atoms with Crippen LogP contribution in [0.1, 0.15) is 0 Å². The molecule has 0 aliphatic carbocycles. The van der Waals surface area contributed by atoms with Gasteiger partial charge in [-0.3, -0.25) is 9.59 Å². The van der Waals surface area contributed by atoms with Crippen molar-refractivity contribution in [1.29, 1.82) is 0 Å². The minimum absolute atomic E-state index is 0.636. The highest BCUT2D eigenvalue weighted by molar-refractivity contribution is 7.25. The van der Waals surface area contributed by atoms with Crippen molar-refractivity contribution in [2.45, 2.75) is 0 Å². The molecule has 3 aromatic rings. The van der Waals surface area contributed by atoms with E-state index >= 15 is 0 Å². The van der Waals surface area contributed by atoms with Crippen molar-refractivity contribution in [3.05, 3.63) is 38.9 Å². The van der Waals surface area contributed by atoms with Gasteiger partial charge in [0, 0.05) is 5.39 Å². The Bertz CT molecular complexity index is 828. The Morgan fingerprint density at radius 2 is 1.94 bits per heavy atom. The van der Waals surface area contributed by atoms with E-state index in [0.717, 1.165) is 15.8 Å². The zero-order valence-corrected chi connectivity index (χ0v) is 9.68. The van der Waals surface area contributed by atoms with E-state index in [2.05, 4.69) is 9.97 Å². The van der Waals surface area contributed by atoms with Crippen molar-refractivity contribution in [2.24, 2.45) is 0 Å². The summed E-state index contributed by atoms with van der Waals surface area (Å²) in [4.78, 5) is 28.3. The molecule has 1 aromatic carbocycles. The Balaban J connectivity index is 2.59. The zero-order valence-electron chi connectivity index (χ0n) is 8.87. The van der Waals surface area contributed by atoms with Crippen molar-refractivity contribution >= 4 is 31.8 Å². The van der Waals surface area contributed by atoms with Gasteiger partial charge in [-0.05, 0) is 6.07 Å². The molecule has 17 heavy (non-hydrogen) atoms. The molecule has 2 heterocycles. The maximum atomic E-state index is 11.3. The van der Waals surface area contributed by atoms with E-state index in [1.807, 2.05) is 18.2 Å². The van der Waals surface area contributed by atoms with Crippen LogP contribution in [0.25, 0.3) is 20.4 Å². The van der Waals surface area contributed by atoms with Gasteiger partial charge in [-0.1, -0.05) is 12.1 Å². The Morgan fingerprint density at radius 3 is 2.71 bits per heavy atom. The van der Waals surface area contributed by atoms with Crippen LogP contribution in [0.5, 0.6) is 5.75 Å². The number of hydrogen-bond donors (Lipinski definition) is 2. The first-order valence-electron chi connectivity index (χ1n) is 4.92. The molecule has 0 aliphatic heterocycles. The minimum Gasteiger partial charge on any atom is -0.495 e. The summed E-state index contributed by atoms with van der Waals surface area (Å²) in [6.07, 6.45) is 0. The minimum atomic E-state index is -0.639. The number of aromatic amines is 2. The van der Waals surface area contributed by atoms with Crippen molar-refractivity contribution in [1.82, 2.24) is 9.97 Å². The maximum absolute atomic E-state index is 11.3. The van der Waals surface area contributed by atoms with Crippen molar-refractivity contribution in [2.75, 3.05) is 7.11 Å². The first-order valence-corrected chi connectivity index (χ1v) is 5.74. The van der Waals surface area contributed by atoms with E-state index in [4.69, 9.17) is 4.74 Å². The van der Waals surface area contributed by atoms with Crippen LogP contribution in [0.3, 0.4) is 0 Å². The highest BCUT2D eigenvalue weighted by Crippen LogP contribution is 2.36. The second-order valence-electron chi connectivity index (χ2n) is 3.55. The molecule has 6 heteroatoms. The predicted octanol–water partition coefficient (Wildman–Crippen LogP) is 1.44. The topological polar surface area (TPSA) is 75.0 Å². The van der Waals surface area contributed by atoms with Gasteiger partial charge in [-0.2, -0.15) is 0 Å². The number of H-pyrrole nitrogens is 2. The van der Waals surface area contributed by atoms with Crippen LogP contribution in [0.15, 0.2) is 27.8 Å². The summed E-state index contributed by atoms with van der Waals surface area (Å²) in [5.41, 5.74) is -0.628. The number of hydrogen-bond acceptors (Lipinski definition) is 4. The van der Waals surface area contributed by atoms with Crippen LogP contribution in [0.4, 0.5) is 0 Å². The van der Waals surface area contributed by atoms with E-state index in [1.165, 1.54) is 11.3 Å². The molecule has 2 aromatic heterocycles. The number of fused-ring (bicyclic) bond motifs is 3. The van der Waals surface area contributed by atoms with Gasteiger partial charge in [-0.15, -0.1) is 11.3 Å². The van der Waals surface area contributed by atoms with Gasteiger partial charge in [-0.25, -0.2) is 0 Å². The Morgan fingerprint density at radius 1 is 1.18 bits per heavy atom. The van der Waals surface area contributed by atoms with E-state index < -0.39 is 11.1 Å². The third-order valence-corrected chi connectivity index (χ3v) is 3.71. The van der Waals surface area contributed by atoms with Gasteiger partial charge in [0.2, 0.25) is 0 Å². The molecule has 0 amide bonds. The highest BCUT2D eigenvalue weighted by Gasteiger charge is 2.11. The maximum Gasteiger partial charge on any atom is 0.314 e. The molecule has 0 saturated heterocycles. The van der Waals surface area contributed by atoms with Crippen molar-refractivity contribution < 1.29 is 4.74 Å². The summed E-state index contributed by atoms with van der Waals surface area (Å²) in [6, 6.07) is 5.57. The molecule has 0 bridgehead atoms. The molecule has 2 N–H and O–H groups in total. The van der Waals surface area contributed by atoms with Crippen molar-refractivity contribution in [3.8, 4) is 5.75 Å². The monoisotopic (exact) mass is 248 g/mol. The molecule has 0 atom stereocenters. The Kier molecular flexibility index (Phi) is 2.05. The van der Waals surface area contributed by atoms with Crippen LogP contribution < -0.4 is 15.9 Å². The summed E-state index contributed by atoms with van der Waals surface area (Å²) in [5.74, 6) is 0.727. The normalized spacial score (nSPS) is 11.1. The Hall–Kier alpha value is -2.08. The summed E-state index contributed by atoms with van der Waals surface area (Å²) in [7, 11) is 1.59. The molecule has 0 spiro atoms. The molecule has 0 unspecified atom stereocenters. The largest absolute Gasteiger partial charge is 0.495 e. The van der Waals surface area contributed by atoms with Gasteiger partial charge in [0.15, 0.2) is 0 Å². The predicted molar refractivity (Wildman–Crippen MR) is 67.1 cm³/mol. The summed E-state index contributed by atoms with van der Waals surface area (Å²) < 4.78 is 6.15. The van der Waals surface area contributed by atoms with Crippen LogP contribution in [-0.4, -0.2) is 17.1 Å². The quantitative estimate of drug-likeness (QED) is 0.640. The molecule has 0 aliphatic rings. The van der Waals surface area contributed by atoms with Crippen LogP contribution in [0, 0.1) is 0 Å². The number of ether oxygens (including phenoxy) is 1. The molecule has 0 saturated carbocycles. The SMILES string of the molecule is COc1cccc2c1sc1[nH]c(=O)c(=O)[nH]c12. The third kappa shape index (κ3) is 1.38. The average Bonchev–Trinajstić information content (AvgIpc) is 2.67. The van der Waals surface area contributed by atoms with E-state index in [9.17, 15) is 9.59 Å². The first-order chi connectivity index (χ1) is 8.20. The second kappa shape index (κ2) is 3.46. The van der Waals surface area contributed by atoms with Crippen LogP contribution in [-0.2, 0) is 0 Å². The Labute approximate surface area is 98.7 Å². The molecular weight excluding hydrogens is 240 g/mol. The number of methoxy groups -OCH3 is 1. The van der Waals surface area contributed by atoms with Gasteiger partial charge >= 0.3 is 11.1 Å². The van der Waals surface area contributed by atoms with E-state index in [1.54, 1.807) is 7.11 Å². The fourth-order valence-electron chi connectivity index (χ4n) is 1.80. The number of thiophene rings is 1. The standard InChI is InChI=1S/C11H8N2O3S/c1-16-6-4-2-3-5-7-11(17-8(5)6)13-10(15)9(14)12-7/h2-4H,1H3,(H,12,14)(H,13,15). The summed E-state index contributed by atoms with van der Waals surface area (Å²) >= 11 is 1.39. The number of benzene rings is 1. The number of aromatic nitrogens is 2. The lowest BCUT2D eigenvalue weighted by molar-refractivity contribution is 0.420.